The van der Waals surface area contributed by atoms with E-state index < -0.39 is 5.91 Å². The third-order valence-electron chi connectivity index (χ3n) is 3.43. The maximum absolute atomic E-state index is 12.3. The van der Waals surface area contributed by atoms with Gasteiger partial charge in [0.15, 0.2) is 0 Å². The van der Waals surface area contributed by atoms with Gasteiger partial charge >= 0.3 is 0 Å². The summed E-state index contributed by atoms with van der Waals surface area (Å²) in [6.45, 7) is 0.328. The molecule has 0 aliphatic rings. The number of aryl methyl sites for hydroxylation is 1. The second kappa shape index (κ2) is 8.69. The van der Waals surface area contributed by atoms with Gasteiger partial charge in [-0.2, -0.15) is 0 Å². The van der Waals surface area contributed by atoms with Crippen LogP contribution in [0.2, 0.25) is 0 Å². The Balaban J connectivity index is 2.19. The molecular weight excluding hydrogens is 306 g/mol. The number of nitrogens with one attached hydrogen (secondary N) is 2. The van der Waals surface area contributed by atoms with Crippen LogP contribution in [0.5, 0.6) is 0 Å². The molecule has 0 spiro atoms. The second-order valence-corrected chi connectivity index (χ2v) is 5.26. The van der Waals surface area contributed by atoms with Gasteiger partial charge in [0.25, 0.3) is 11.8 Å². The largest absolute Gasteiger partial charge is 0.396 e. The summed E-state index contributed by atoms with van der Waals surface area (Å²) in [6, 6.07) is 12.4. The van der Waals surface area contributed by atoms with Crippen molar-refractivity contribution in [3.05, 3.63) is 65.6 Å². The van der Waals surface area contributed by atoms with Gasteiger partial charge in [0, 0.05) is 37.7 Å². The summed E-state index contributed by atoms with van der Waals surface area (Å²) in [5.74, 6) is -0.748. The third-order valence-corrected chi connectivity index (χ3v) is 3.43. The fourth-order valence-electron chi connectivity index (χ4n) is 2.09. The number of aromatic nitrogens is 1. The summed E-state index contributed by atoms with van der Waals surface area (Å²) in [6.07, 6.45) is 3.93. The number of carbonyl (C=O) groups excluding carboxylic acids is 2. The third kappa shape index (κ3) is 4.82. The number of carbonyl (C=O) groups is 2. The average molecular weight is 327 g/mol. The number of rotatable bonds is 7. The van der Waals surface area contributed by atoms with E-state index in [-0.39, 0.29) is 18.2 Å². The molecule has 3 N–H and O–H groups in total. The molecule has 0 saturated carbocycles. The van der Waals surface area contributed by atoms with E-state index in [0.29, 0.717) is 18.5 Å². The SMILES string of the molecule is Cn1cccc1/C=C(/NC(=O)c1ccccc1)C(=O)NCCCO. The molecular formula is C18H21N3O3. The molecule has 0 aliphatic carbocycles. The predicted octanol–water partition coefficient (Wildman–Crippen LogP) is 1.29. The maximum atomic E-state index is 12.3. The maximum Gasteiger partial charge on any atom is 0.267 e. The van der Waals surface area contributed by atoms with Gasteiger partial charge in [-0.15, -0.1) is 0 Å². The van der Waals surface area contributed by atoms with E-state index in [1.165, 1.54) is 0 Å². The first-order valence-electron chi connectivity index (χ1n) is 7.70. The number of amides is 2. The number of aliphatic hydroxyl groups excluding tert-OH is 1. The lowest BCUT2D eigenvalue weighted by Crippen LogP contribution is -2.35. The van der Waals surface area contributed by atoms with Crippen molar-refractivity contribution in [1.29, 1.82) is 0 Å². The smallest absolute Gasteiger partial charge is 0.267 e. The van der Waals surface area contributed by atoms with Crippen molar-refractivity contribution in [1.82, 2.24) is 15.2 Å². The Kier molecular flexibility index (Phi) is 6.33. The lowest BCUT2D eigenvalue weighted by molar-refractivity contribution is -0.117. The minimum absolute atomic E-state index is 0.00644. The molecule has 2 amide bonds. The molecule has 0 aliphatic heterocycles. The van der Waals surface area contributed by atoms with Crippen molar-refractivity contribution in [3.63, 3.8) is 0 Å². The monoisotopic (exact) mass is 327 g/mol. The first-order valence-corrected chi connectivity index (χ1v) is 7.70. The van der Waals surface area contributed by atoms with Crippen LogP contribution < -0.4 is 10.6 Å². The molecule has 0 unspecified atom stereocenters. The van der Waals surface area contributed by atoms with Crippen LogP contribution in [-0.2, 0) is 11.8 Å². The van der Waals surface area contributed by atoms with Gasteiger partial charge in [0.2, 0.25) is 0 Å². The van der Waals surface area contributed by atoms with Gasteiger partial charge in [-0.3, -0.25) is 9.59 Å². The highest BCUT2D eigenvalue weighted by atomic mass is 16.3. The van der Waals surface area contributed by atoms with Crippen LogP contribution in [-0.4, -0.2) is 34.6 Å². The van der Waals surface area contributed by atoms with Gasteiger partial charge < -0.3 is 20.3 Å². The van der Waals surface area contributed by atoms with Crippen molar-refractivity contribution in [2.24, 2.45) is 7.05 Å². The van der Waals surface area contributed by atoms with E-state index in [1.54, 1.807) is 30.3 Å². The van der Waals surface area contributed by atoms with Crippen molar-refractivity contribution in [3.8, 4) is 0 Å². The summed E-state index contributed by atoms with van der Waals surface area (Å²) >= 11 is 0. The molecule has 0 radical (unpaired) electrons. The fraction of sp³-hybridized carbons (Fsp3) is 0.222. The molecule has 0 saturated heterocycles. The Labute approximate surface area is 140 Å². The minimum atomic E-state index is -0.395. The topological polar surface area (TPSA) is 83.4 Å². The second-order valence-electron chi connectivity index (χ2n) is 5.26. The highest BCUT2D eigenvalue weighted by Crippen LogP contribution is 2.07. The van der Waals surface area contributed by atoms with Gasteiger partial charge in [0.1, 0.15) is 5.70 Å². The number of nitrogens with zero attached hydrogens (tertiary/aromatic N) is 1. The lowest BCUT2D eigenvalue weighted by Gasteiger charge is -2.11. The zero-order chi connectivity index (χ0) is 17.4. The molecule has 126 valence electrons. The van der Waals surface area contributed by atoms with Gasteiger partial charge in [-0.1, -0.05) is 18.2 Å². The van der Waals surface area contributed by atoms with E-state index in [0.717, 1.165) is 5.69 Å². The van der Waals surface area contributed by atoms with Crippen molar-refractivity contribution in [2.75, 3.05) is 13.2 Å². The Morgan fingerprint density at radius 3 is 2.54 bits per heavy atom. The zero-order valence-electron chi connectivity index (χ0n) is 13.5. The Bertz CT molecular complexity index is 720. The molecule has 0 bridgehead atoms. The van der Waals surface area contributed by atoms with E-state index in [2.05, 4.69) is 10.6 Å². The summed E-state index contributed by atoms with van der Waals surface area (Å²) < 4.78 is 1.84. The fourth-order valence-corrected chi connectivity index (χ4v) is 2.09. The molecule has 6 nitrogen and oxygen atoms in total. The lowest BCUT2D eigenvalue weighted by atomic mass is 10.2. The van der Waals surface area contributed by atoms with Crippen molar-refractivity contribution < 1.29 is 14.7 Å². The Hall–Kier alpha value is -2.86. The van der Waals surface area contributed by atoms with E-state index in [1.807, 2.05) is 36.0 Å². The van der Waals surface area contributed by atoms with Crippen LogP contribution in [0.15, 0.2) is 54.4 Å². The van der Waals surface area contributed by atoms with E-state index in [4.69, 9.17) is 5.11 Å². The van der Waals surface area contributed by atoms with Crippen LogP contribution in [0, 0.1) is 0 Å². The first kappa shape index (κ1) is 17.5. The van der Waals surface area contributed by atoms with Gasteiger partial charge in [-0.25, -0.2) is 0 Å². The van der Waals surface area contributed by atoms with Crippen LogP contribution >= 0.6 is 0 Å². The number of aliphatic hydroxyl groups is 1. The van der Waals surface area contributed by atoms with Crippen LogP contribution in [0.3, 0.4) is 0 Å². The normalized spacial score (nSPS) is 11.2. The molecule has 2 aromatic rings. The van der Waals surface area contributed by atoms with Crippen LogP contribution in [0.4, 0.5) is 0 Å². The highest BCUT2D eigenvalue weighted by molar-refractivity contribution is 6.05. The van der Waals surface area contributed by atoms with Crippen molar-refractivity contribution in [2.45, 2.75) is 6.42 Å². The zero-order valence-corrected chi connectivity index (χ0v) is 13.5. The van der Waals surface area contributed by atoms with E-state index in [9.17, 15) is 9.59 Å². The van der Waals surface area contributed by atoms with Crippen LogP contribution in [0.1, 0.15) is 22.5 Å². The first-order chi connectivity index (χ1) is 11.6. The summed E-state index contributed by atoms with van der Waals surface area (Å²) in [5, 5.41) is 14.2. The number of hydrogen-bond donors (Lipinski definition) is 3. The molecule has 24 heavy (non-hydrogen) atoms. The molecule has 1 aromatic heterocycles. The molecule has 2 rings (SSSR count). The van der Waals surface area contributed by atoms with Crippen molar-refractivity contribution >= 4 is 17.9 Å². The number of benzene rings is 1. The molecule has 6 heteroatoms. The van der Waals surface area contributed by atoms with E-state index >= 15 is 0 Å². The standard InChI is InChI=1S/C18H21N3O3/c1-21-11-5-9-15(21)13-16(18(24)19-10-6-12-22)20-17(23)14-7-3-2-4-8-14/h2-5,7-9,11,13,22H,6,10,12H2,1H3,(H,19,24)(H,20,23)/b16-13+. The molecule has 1 aromatic carbocycles. The average Bonchev–Trinajstić information content (AvgIpc) is 3.00. The molecule has 1 heterocycles. The molecule has 0 fully saturated rings. The Morgan fingerprint density at radius 2 is 1.92 bits per heavy atom. The minimum Gasteiger partial charge on any atom is -0.396 e. The highest BCUT2D eigenvalue weighted by Gasteiger charge is 2.14. The summed E-state index contributed by atoms with van der Waals surface area (Å²) in [5.41, 5.74) is 1.41. The molecule has 0 atom stereocenters. The Morgan fingerprint density at radius 1 is 1.17 bits per heavy atom. The van der Waals surface area contributed by atoms with Gasteiger partial charge in [-0.05, 0) is 36.8 Å². The summed E-state index contributed by atoms with van der Waals surface area (Å²) in [7, 11) is 1.85. The van der Waals surface area contributed by atoms with Crippen LogP contribution in [0.25, 0.3) is 6.08 Å². The quantitative estimate of drug-likeness (QED) is 0.529. The summed E-state index contributed by atoms with van der Waals surface area (Å²) in [4.78, 5) is 24.7. The number of hydrogen-bond acceptors (Lipinski definition) is 3. The predicted molar refractivity (Wildman–Crippen MR) is 92.0 cm³/mol. The van der Waals surface area contributed by atoms with Gasteiger partial charge in [0.05, 0.1) is 0 Å².